The van der Waals surface area contributed by atoms with E-state index in [9.17, 15) is 9.59 Å². The van der Waals surface area contributed by atoms with Crippen LogP contribution in [0.4, 0.5) is 16.2 Å². The lowest BCUT2D eigenvalue weighted by Crippen LogP contribution is -2.38. The number of nitrogens with one attached hydrogen (secondary N) is 2. The number of fused-ring (bicyclic) bond motifs is 1. The van der Waals surface area contributed by atoms with E-state index < -0.39 is 0 Å². The van der Waals surface area contributed by atoms with Gasteiger partial charge in [-0.1, -0.05) is 0 Å². The molecule has 144 valence electrons. The number of aryl methyl sites for hydroxylation is 2. The average molecular weight is 372 g/mol. The third-order valence-corrected chi connectivity index (χ3v) is 4.42. The van der Waals surface area contributed by atoms with Crippen molar-refractivity contribution < 1.29 is 4.79 Å². The van der Waals surface area contributed by atoms with E-state index in [1.165, 1.54) is 6.33 Å². The van der Waals surface area contributed by atoms with Gasteiger partial charge in [0, 0.05) is 34.2 Å². The van der Waals surface area contributed by atoms with Crippen LogP contribution in [0.5, 0.6) is 0 Å². The van der Waals surface area contributed by atoms with Gasteiger partial charge in [-0.05, 0) is 19.1 Å². The highest BCUT2D eigenvalue weighted by Crippen LogP contribution is 2.29. The van der Waals surface area contributed by atoms with E-state index in [1.807, 2.05) is 38.1 Å². The maximum absolute atomic E-state index is 12.5. The molecule has 0 fully saturated rings. The summed E-state index contributed by atoms with van der Waals surface area (Å²) < 4.78 is 4.81. The van der Waals surface area contributed by atoms with Gasteiger partial charge in [0.05, 0.1) is 29.0 Å². The van der Waals surface area contributed by atoms with E-state index in [4.69, 9.17) is 0 Å². The van der Waals surface area contributed by atoms with Crippen molar-refractivity contribution in [1.82, 2.24) is 29.2 Å². The molecule has 0 saturated heterocycles. The van der Waals surface area contributed by atoms with Gasteiger partial charge >= 0.3 is 11.7 Å². The predicted octanol–water partition coefficient (Wildman–Crippen LogP) is 0.745. The first kappa shape index (κ1) is 18.5. The minimum absolute atomic E-state index is 0.113. The first-order valence-electron chi connectivity index (χ1n) is 8.54. The SMILES string of the molecule is C[C@@H](Cn1cncn1)NC(=O)Nc1cc2c(cc1N(C)C)n(C)c(=O)n2C. The first-order valence-corrected chi connectivity index (χ1v) is 8.54. The van der Waals surface area contributed by atoms with Gasteiger partial charge in [-0.15, -0.1) is 0 Å². The molecule has 0 radical (unpaired) electrons. The number of aromatic nitrogens is 5. The summed E-state index contributed by atoms with van der Waals surface area (Å²) >= 11 is 0. The Labute approximate surface area is 156 Å². The zero-order valence-corrected chi connectivity index (χ0v) is 16.1. The normalized spacial score (nSPS) is 12.2. The largest absolute Gasteiger partial charge is 0.376 e. The van der Waals surface area contributed by atoms with Crippen molar-refractivity contribution in [2.45, 2.75) is 19.5 Å². The Balaban J connectivity index is 1.84. The molecule has 0 unspecified atom stereocenters. The van der Waals surface area contributed by atoms with Crippen molar-refractivity contribution in [3.8, 4) is 0 Å². The highest BCUT2D eigenvalue weighted by atomic mass is 16.2. The van der Waals surface area contributed by atoms with Crippen LogP contribution in [0.3, 0.4) is 0 Å². The quantitative estimate of drug-likeness (QED) is 0.688. The van der Waals surface area contributed by atoms with Gasteiger partial charge in [-0.25, -0.2) is 14.6 Å². The van der Waals surface area contributed by atoms with Crippen molar-refractivity contribution in [3.05, 3.63) is 35.3 Å². The lowest BCUT2D eigenvalue weighted by Gasteiger charge is -2.20. The van der Waals surface area contributed by atoms with Gasteiger partial charge in [-0.2, -0.15) is 5.10 Å². The van der Waals surface area contributed by atoms with Gasteiger partial charge in [0.2, 0.25) is 0 Å². The minimum Gasteiger partial charge on any atom is -0.376 e. The van der Waals surface area contributed by atoms with Crippen molar-refractivity contribution >= 4 is 28.4 Å². The van der Waals surface area contributed by atoms with E-state index in [2.05, 4.69) is 20.7 Å². The maximum atomic E-state index is 12.5. The molecule has 0 aliphatic rings. The molecule has 10 heteroatoms. The molecule has 2 N–H and O–H groups in total. The number of hydrogen-bond acceptors (Lipinski definition) is 5. The second-order valence-electron chi connectivity index (χ2n) is 6.77. The van der Waals surface area contributed by atoms with Crippen molar-refractivity contribution in [2.24, 2.45) is 14.1 Å². The second kappa shape index (κ2) is 7.14. The molecule has 2 amide bonds. The molecule has 0 spiro atoms. The maximum Gasteiger partial charge on any atom is 0.328 e. The molecule has 1 atom stereocenters. The summed E-state index contributed by atoms with van der Waals surface area (Å²) in [6.07, 6.45) is 3.06. The Bertz CT molecular complexity index is 1020. The molecular formula is C17H24N8O2. The molecule has 2 heterocycles. The van der Waals surface area contributed by atoms with Crippen LogP contribution in [0.25, 0.3) is 11.0 Å². The van der Waals surface area contributed by atoms with Crippen LogP contribution in [0.15, 0.2) is 29.6 Å². The van der Waals surface area contributed by atoms with Crippen molar-refractivity contribution in [2.75, 3.05) is 24.3 Å². The third kappa shape index (κ3) is 3.64. The zero-order valence-electron chi connectivity index (χ0n) is 16.1. The van der Waals surface area contributed by atoms with Gasteiger partial charge in [0.15, 0.2) is 0 Å². The smallest absolute Gasteiger partial charge is 0.328 e. The van der Waals surface area contributed by atoms with Crippen LogP contribution in [0.1, 0.15) is 6.92 Å². The Morgan fingerprint density at radius 3 is 2.48 bits per heavy atom. The second-order valence-corrected chi connectivity index (χ2v) is 6.77. The van der Waals surface area contributed by atoms with Crippen LogP contribution in [-0.4, -0.2) is 50.1 Å². The summed E-state index contributed by atoms with van der Waals surface area (Å²) in [5.74, 6) is 0. The number of imidazole rings is 1. The van der Waals surface area contributed by atoms with Crippen LogP contribution in [0, 0.1) is 0 Å². The summed E-state index contributed by atoms with van der Waals surface area (Å²) in [5, 5.41) is 9.80. The topological polar surface area (TPSA) is 102 Å². The van der Waals surface area contributed by atoms with E-state index in [1.54, 1.807) is 34.2 Å². The van der Waals surface area contributed by atoms with E-state index in [-0.39, 0.29) is 17.8 Å². The summed E-state index contributed by atoms with van der Waals surface area (Å²) in [4.78, 5) is 30.4. The lowest BCUT2D eigenvalue weighted by atomic mass is 10.2. The Hall–Kier alpha value is -3.30. The third-order valence-electron chi connectivity index (χ3n) is 4.42. The fraction of sp³-hybridized carbons (Fsp3) is 0.412. The Morgan fingerprint density at radius 2 is 1.89 bits per heavy atom. The number of urea groups is 1. The average Bonchev–Trinajstić information content (AvgIpc) is 3.17. The number of anilines is 2. The molecule has 0 bridgehead atoms. The van der Waals surface area contributed by atoms with E-state index in [0.717, 1.165) is 16.7 Å². The van der Waals surface area contributed by atoms with Crippen LogP contribution in [0.2, 0.25) is 0 Å². The number of benzene rings is 1. The fourth-order valence-electron chi connectivity index (χ4n) is 3.04. The molecule has 0 saturated carbocycles. The van der Waals surface area contributed by atoms with Crippen LogP contribution >= 0.6 is 0 Å². The van der Waals surface area contributed by atoms with Crippen molar-refractivity contribution in [3.63, 3.8) is 0 Å². The summed E-state index contributed by atoms with van der Waals surface area (Å²) in [6.45, 7) is 2.40. The van der Waals surface area contributed by atoms with Crippen LogP contribution < -0.4 is 21.2 Å². The highest BCUT2D eigenvalue weighted by molar-refractivity contribution is 5.97. The number of carbonyl (C=O) groups excluding carboxylic acids is 1. The first-order chi connectivity index (χ1) is 12.8. The molecule has 0 aliphatic carbocycles. The predicted molar refractivity (Wildman–Crippen MR) is 104 cm³/mol. The van der Waals surface area contributed by atoms with Crippen molar-refractivity contribution in [1.29, 1.82) is 0 Å². The molecule has 2 aromatic heterocycles. The molecule has 3 rings (SSSR count). The fourth-order valence-corrected chi connectivity index (χ4v) is 3.04. The molecular weight excluding hydrogens is 348 g/mol. The number of amides is 2. The van der Waals surface area contributed by atoms with Crippen LogP contribution in [-0.2, 0) is 20.6 Å². The number of rotatable bonds is 5. The molecule has 10 nitrogen and oxygen atoms in total. The minimum atomic E-state index is -0.328. The van der Waals surface area contributed by atoms with E-state index >= 15 is 0 Å². The molecule has 3 aromatic rings. The summed E-state index contributed by atoms with van der Waals surface area (Å²) in [7, 11) is 7.22. The van der Waals surface area contributed by atoms with Gasteiger partial charge in [0.1, 0.15) is 12.7 Å². The zero-order chi connectivity index (χ0) is 19.7. The standard InChI is InChI=1S/C17H24N8O2/c1-11(8-25-10-18-9-19-25)20-16(26)21-12-6-14-15(7-13(12)22(2)3)24(5)17(27)23(14)4/h6-7,9-11H,8H2,1-5H3,(H2,20,21,26)/t11-/m0/s1. The monoisotopic (exact) mass is 372 g/mol. The summed E-state index contributed by atoms with van der Waals surface area (Å²) in [5.41, 5.74) is 2.87. The molecule has 27 heavy (non-hydrogen) atoms. The van der Waals surface area contributed by atoms with E-state index in [0.29, 0.717) is 12.2 Å². The molecule has 1 aromatic carbocycles. The highest BCUT2D eigenvalue weighted by Gasteiger charge is 2.16. The molecule has 0 aliphatic heterocycles. The van der Waals surface area contributed by atoms with Gasteiger partial charge < -0.3 is 15.5 Å². The Morgan fingerprint density at radius 1 is 1.22 bits per heavy atom. The number of carbonyl (C=O) groups is 1. The van der Waals surface area contributed by atoms with Gasteiger partial charge in [0.25, 0.3) is 0 Å². The Kier molecular flexibility index (Phi) is 4.89. The lowest BCUT2D eigenvalue weighted by molar-refractivity contribution is 0.247. The number of hydrogen-bond donors (Lipinski definition) is 2. The number of nitrogens with zero attached hydrogens (tertiary/aromatic N) is 6. The summed E-state index contributed by atoms with van der Waals surface area (Å²) in [6, 6.07) is 3.24. The van der Waals surface area contributed by atoms with Gasteiger partial charge in [-0.3, -0.25) is 13.8 Å².